The molecule has 0 radical (unpaired) electrons. The standard InChI is InChI=1S/C16H28N2O3/c19-14(17-12-16(21)10-4-1-5-11-16)8-9-15(20)18-13-6-2-3-7-13/h13,21H,1-12H2,(H,17,19)(H,18,20). The van der Waals surface area contributed by atoms with E-state index in [2.05, 4.69) is 10.6 Å². The smallest absolute Gasteiger partial charge is 0.220 e. The highest BCUT2D eigenvalue weighted by molar-refractivity contribution is 5.83. The molecule has 2 aliphatic carbocycles. The molecule has 2 aliphatic rings. The number of hydrogen-bond donors (Lipinski definition) is 3. The monoisotopic (exact) mass is 296 g/mol. The second kappa shape index (κ2) is 7.78. The third-order valence-corrected chi connectivity index (χ3v) is 4.70. The van der Waals surface area contributed by atoms with Gasteiger partial charge in [0.15, 0.2) is 0 Å². The molecule has 2 rings (SSSR count). The largest absolute Gasteiger partial charge is 0.388 e. The van der Waals surface area contributed by atoms with E-state index in [9.17, 15) is 14.7 Å². The summed E-state index contributed by atoms with van der Waals surface area (Å²) in [6, 6.07) is 0.309. The lowest BCUT2D eigenvalue weighted by Gasteiger charge is -2.32. The second-order valence-electron chi connectivity index (χ2n) is 6.61. The topological polar surface area (TPSA) is 78.4 Å². The third kappa shape index (κ3) is 5.65. The molecule has 0 aromatic carbocycles. The zero-order valence-corrected chi connectivity index (χ0v) is 12.8. The Kier molecular flexibility index (Phi) is 6.03. The van der Waals surface area contributed by atoms with E-state index in [1.807, 2.05) is 0 Å². The van der Waals surface area contributed by atoms with Crippen molar-refractivity contribution in [3.8, 4) is 0 Å². The Hall–Kier alpha value is -1.10. The predicted octanol–water partition coefficient (Wildman–Crippen LogP) is 1.64. The summed E-state index contributed by atoms with van der Waals surface area (Å²) in [5.74, 6) is -0.177. The lowest BCUT2D eigenvalue weighted by Crippen LogP contribution is -2.44. The molecule has 2 saturated carbocycles. The number of rotatable bonds is 6. The summed E-state index contributed by atoms with van der Waals surface area (Å²) in [5, 5.41) is 16.0. The van der Waals surface area contributed by atoms with Gasteiger partial charge in [0.2, 0.25) is 11.8 Å². The highest BCUT2D eigenvalue weighted by Gasteiger charge is 2.29. The second-order valence-corrected chi connectivity index (χ2v) is 6.61. The van der Waals surface area contributed by atoms with E-state index in [0.29, 0.717) is 12.6 Å². The van der Waals surface area contributed by atoms with Crippen molar-refractivity contribution in [1.29, 1.82) is 0 Å². The molecular formula is C16H28N2O3. The Morgan fingerprint density at radius 2 is 1.57 bits per heavy atom. The lowest BCUT2D eigenvalue weighted by atomic mass is 9.85. The van der Waals surface area contributed by atoms with E-state index in [-0.39, 0.29) is 24.7 Å². The van der Waals surface area contributed by atoms with Gasteiger partial charge < -0.3 is 15.7 Å². The van der Waals surface area contributed by atoms with E-state index in [4.69, 9.17) is 0 Å². The normalized spacial score (nSPS) is 22.0. The molecule has 2 amide bonds. The molecule has 0 bridgehead atoms. The van der Waals surface area contributed by atoms with Crippen LogP contribution in [0, 0.1) is 0 Å². The van der Waals surface area contributed by atoms with Crippen molar-refractivity contribution in [2.75, 3.05) is 6.54 Å². The molecule has 0 aliphatic heterocycles. The number of amides is 2. The SMILES string of the molecule is O=C(CCC(=O)NC1CCCC1)NCC1(O)CCCCC1. The first-order valence-corrected chi connectivity index (χ1v) is 8.36. The highest BCUT2D eigenvalue weighted by Crippen LogP contribution is 2.27. The Bertz CT molecular complexity index is 359. The van der Waals surface area contributed by atoms with Crippen molar-refractivity contribution >= 4 is 11.8 Å². The molecular weight excluding hydrogens is 268 g/mol. The molecule has 0 atom stereocenters. The minimum absolute atomic E-state index is 0.0339. The fraction of sp³-hybridized carbons (Fsp3) is 0.875. The fourth-order valence-electron chi connectivity index (χ4n) is 3.34. The lowest BCUT2D eigenvalue weighted by molar-refractivity contribution is -0.127. The van der Waals surface area contributed by atoms with E-state index in [1.54, 1.807) is 0 Å². The Balaban J connectivity index is 1.59. The Morgan fingerprint density at radius 1 is 0.952 bits per heavy atom. The first-order chi connectivity index (χ1) is 10.1. The summed E-state index contributed by atoms with van der Waals surface area (Å²) < 4.78 is 0. The van der Waals surface area contributed by atoms with Gasteiger partial charge >= 0.3 is 0 Å². The zero-order chi connectivity index (χ0) is 15.1. The molecule has 0 aromatic heterocycles. The summed E-state index contributed by atoms with van der Waals surface area (Å²) >= 11 is 0. The van der Waals surface area contributed by atoms with Crippen molar-refractivity contribution < 1.29 is 14.7 Å². The maximum Gasteiger partial charge on any atom is 0.220 e. The van der Waals surface area contributed by atoms with E-state index >= 15 is 0 Å². The zero-order valence-electron chi connectivity index (χ0n) is 12.8. The Labute approximate surface area is 126 Å². The molecule has 0 saturated heterocycles. The van der Waals surface area contributed by atoms with Crippen LogP contribution in [-0.2, 0) is 9.59 Å². The van der Waals surface area contributed by atoms with Crippen LogP contribution < -0.4 is 10.6 Å². The molecule has 21 heavy (non-hydrogen) atoms. The van der Waals surface area contributed by atoms with Crippen molar-refractivity contribution in [3.63, 3.8) is 0 Å². The van der Waals surface area contributed by atoms with Gasteiger partial charge in [-0.05, 0) is 25.7 Å². The molecule has 0 aromatic rings. The molecule has 120 valence electrons. The summed E-state index contributed by atoms with van der Waals surface area (Å²) in [6.45, 7) is 0.316. The van der Waals surface area contributed by atoms with E-state index in [1.165, 1.54) is 12.8 Å². The third-order valence-electron chi connectivity index (χ3n) is 4.70. The number of hydrogen-bond acceptors (Lipinski definition) is 3. The van der Waals surface area contributed by atoms with Gasteiger partial charge in [-0.25, -0.2) is 0 Å². The number of nitrogens with one attached hydrogen (secondary N) is 2. The van der Waals surface area contributed by atoms with Crippen molar-refractivity contribution in [2.45, 2.75) is 82.3 Å². The van der Waals surface area contributed by atoms with Crippen LogP contribution in [0.2, 0.25) is 0 Å². The van der Waals surface area contributed by atoms with Gasteiger partial charge in [0, 0.05) is 25.4 Å². The summed E-state index contributed by atoms with van der Waals surface area (Å²) in [7, 11) is 0. The summed E-state index contributed by atoms with van der Waals surface area (Å²) in [4.78, 5) is 23.5. The highest BCUT2D eigenvalue weighted by atomic mass is 16.3. The van der Waals surface area contributed by atoms with Gasteiger partial charge in [0.05, 0.1) is 5.60 Å². The number of carbonyl (C=O) groups is 2. The van der Waals surface area contributed by atoms with Crippen LogP contribution in [0.25, 0.3) is 0 Å². The predicted molar refractivity (Wildman–Crippen MR) is 80.7 cm³/mol. The van der Waals surface area contributed by atoms with Crippen LogP contribution in [0.15, 0.2) is 0 Å². The van der Waals surface area contributed by atoms with Crippen LogP contribution in [0.1, 0.15) is 70.6 Å². The first kappa shape index (κ1) is 16.3. The first-order valence-electron chi connectivity index (χ1n) is 8.36. The average Bonchev–Trinajstić information content (AvgIpc) is 2.97. The summed E-state index contributed by atoms with van der Waals surface area (Å²) in [5.41, 5.74) is -0.736. The molecule has 0 heterocycles. The van der Waals surface area contributed by atoms with Gasteiger partial charge in [-0.3, -0.25) is 9.59 Å². The van der Waals surface area contributed by atoms with Crippen molar-refractivity contribution in [3.05, 3.63) is 0 Å². The molecule has 0 unspecified atom stereocenters. The fourth-order valence-corrected chi connectivity index (χ4v) is 3.34. The van der Waals surface area contributed by atoms with Crippen LogP contribution in [0.5, 0.6) is 0 Å². The molecule has 3 N–H and O–H groups in total. The van der Waals surface area contributed by atoms with Crippen LogP contribution in [0.4, 0.5) is 0 Å². The molecule has 5 nitrogen and oxygen atoms in total. The van der Waals surface area contributed by atoms with Gasteiger partial charge in [-0.1, -0.05) is 32.1 Å². The maximum absolute atomic E-state index is 11.8. The van der Waals surface area contributed by atoms with Crippen molar-refractivity contribution in [2.24, 2.45) is 0 Å². The van der Waals surface area contributed by atoms with E-state index < -0.39 is 5.60 Å². The quantitative estimate of drug-likeness (QED) is 0.697. The van der Waals surface area contributed by atoms with Gasteiger partial charge in [-0.2, -0.15) is 0 Å². The maximum atomic E-state index is 11.8. The van der Waals surface area contributed by atoms with Crippen LogP contribution >= 0.6 is 0 Å². The van der Waals surface area contributed by atoms with Crippen molar-refractivity contribution in [1.82, 2.24) is 10.6 Å². The van der Waals surface area contributed by atoms with Crippen LogP contribution in [-0.4, -0.2) is 35.1 Å². The molecule has 0 spiro atoms. The van der Waals surface area contributed by atoms with Gasteiger partial charge in [0.25, 0.3) is 0 Å². The Morgan fingerprint density at radius 3 is 2.24 bits per heavy atom. The molecule has 5 heteroatoms. The molecule has 2 fully saturated rings. The summed E-state index contributed by atoms with van der Waals surface area (Å²) in [6.07, 6.45) is 9.66. The van der Waals surface area contributed by atoms with E-state index in [0.717, 1.165) is 44.9 Å². The van der Waals surface area contributed by atoms with Crippen LogP contribution in [0.3, 0.4) is 0 Å². The minimum Gasteiger partial charge on any atom is -0.388 e. The van der Waals surface area contributed by atoms with Gasteiger partial charge in [0.1, 0.15) is 0 Å². The number of carbonyl (C=O) groups excluding carboxylic acids is 2. The average molecular weight is 296 g/mol. The number of aliphatic hydroxyl groups is 1. The van der Waals surface area contributed by atoms with Gasteiger partial charge in [-0.15, -0.1) is 0 Å². The minimum atomic E-state index is -0.736.